The summed E-state index contributed by atoms with van der Waals surface area (Å²) in [5.74, 6) is 0.772. The van der Waals surface area contributed by atoms with Crippen molar-refractivity contribution in [2.75, 3.05) is 24.5 Å². The van der Waals surface area contributed by atoms with Gasteiger partial charge in [0.25, 0.3) is 0 Å². The van der Waals surface area contributed by atoms with Gasteiger partial charge in [-0.2, -0.15) is 0 Å². The largest absolute Gasteiger partial charge is 0.370 e. The highest BCUT2D eigenvalue weighted by molar-refractivity contribution is 5.48. The lowest BCUT2D eigenvalue weighted by molar-refractivity contribution is 0.356. The molecule has 2 heteroatoms. The van der Waals surface area contributed by atoms with E-state index in [9.17, 15) is 0 Å². The zero-order valence-corrected chi connectivity index (χ0v) is 11.2. The molecule has 1 aromatic rings. The van der Waals surface area contributed by atoms with Crippen LogP contribution in [0.25, 0.3) is 0 Å². The van der Waals surface area contributed by atoms with Gasteiger partial charge < -0.3 is 10.2 Å². The maximum Gasteiger partial charge on any atom is 0.0367 e. The maximum atomic E-state index is 3.58. The SMILES string of the molecule is CCNC1CC(C)CN(c2ccc(C)cc2)C1. The van der Waals surface area contributed by atoms with Gasteiger partial charge in [0, 0.05) is 24.8 Å². The summed E-state index contributed by atoms with van der Waals surface area (Å²) in [5.41, 5.74) is 2.70. The molecule has 0 saturated carbocycles. The van der Waals surface area contributed by atoms with Gasteiger partial charge in [0.1, 0.15) is 0 Å². The van der Waals surface area contributed by atoms with Gasteiger partial charge in [-0.15, -0.1) is 0 Å². The smallest absolute Gasteiger partial charge is 0.0367 e. The Hall–Kier alpha value is -1.02. The molecule has 1 saturated heterocycles. The Morgan fingerprint density at radius 3 is 2.59 bits per heavy atom. The number of likely N-dealkylation sites (N-methyl/N-ethyl adjacent to an activating group) is 1. The lowest BCUT2D eigenvalue weighted by atomic mass is 9.95. The summed E-state index contributed by atoms with van der Waals surface area (Å²) in [6.45, 7) is 10.1. The normalized spacial score (nSPS) is 25.0. The van der Waals surface area contributed by atoms with E-state index in [2.05, 4.69) is 55.3 Å². The number of piperidine rings is 1. The first-order chi connectivity index (χ1) is 8.19. The van der Waals surface area contributed by atoms with Gasteiger partial charge in [-0.1, -0.05) is 31.5 Å². The third-order valence-corrected chi connectivity index (χ3v) is 3.55. The first-order valence-corrected chi connectivity index (χ1v) is 6.74. The van der Waals surface area contributed by atoms with Crippen molar-refractivity contribution in [1.29, 1.82) is 0 Å². The number of benzene rings is 1. The van der Waals surface area contributed by atoms with Crippen molar-refractivity contribution in [3.63, 3.8) is 0 Å². The maximum absolute atomic E-state index is 3.58. The number of hydrogen-bond donors (Lipinski definition) is 1. The quantitative estimate of drug-likeness (QED) is 0.862. The van der Waals surface area contributed by atoms with Crippen LogP contribution in [0, 0.1) is 12.8 Å². The first-order valence-electron chi connectivity index (χ1n) is 6.74. The Labute approximate surface area is 105 Å². The second-order valence-electron chi connectivity index (χ2n) is 5.34. The fourth-order valence-electron chi connectivity index (χ4n) is 2.75. The van der Waals surface area contributed by atoms with Gasteiger partial charge in [-0.25, -0.2) is 0 Å². The van der Waals surface area contributed by atoms with Gasteiger partial charge in [-0.3, -0.25) is 0 Å². The van der Waals surface area contributed by atoms with Crippen LogP contribution in [0.2, 0.25) is 0 Å². The third kappa shape index (κ3) is 3.22. The van der Waals surface area contributed by atoms with Gasteiger partial charge in [-0.05, 0) is 37.9 Å². The van der Waals surface area contributed by atoms with Crippen molar-refractivity contribution < 1.29 is 0 Å². The van der Waals surface area contributed by atoms with E-state index < -0.39 is 0 Å². The zero-order chi connectivity index (χ0) is 12.3. The Balaban J connectivity index is 2.06. The predicted octanol–water partition coefficient (Wildman–Crippen LogP) is 2.82. The predicted molar refractivity (Wildman–Crippen MR) is 74.6 cm³/mol. The number of rotatable bonds is 3. The van der Waals surface area contributed by atoms with Crippen LogP contribution in [0.15, 0.2) is 24.3 Å². The summed E-state index contributed by atoms with van der Waals surface area (Å²) < 4.78 is 0. The van der Waals surface area contributed by atoms with E-state index in [1.807, 2.05) is 0 Å². The number of nitrogens with one attached hydrogen (secondary N) is 1. The molecule has 1 N–H and O–H groups in total. The molecular formula is C15H24N2. The molecule has 2 rings (SSSR count). The topological polar surface area (TPSA) is 15.3 Å². The van der Waals surface area contributed by atoms with E-state index in [0.717, 1.165) is 19.0 Å². The summed E-state index contributed by atoms with van der Waals surface area (Å²) in [6.07, 6.45) is 1.30. The first kappa shape index (κ1) is 12.4. The molecule has 2 nitrogen and oxygen atoms in total. The highest BCUT2D eigenvalue weighted by Crippen LogP contribution is 2.23. The minimum atomic E-state index is 0.644. The average Bonchev–Trinajstić information content (AvgIpc) is 2.29. The number of anilines is 1. The van der Waals surface area contributed by atoms with Crippen LogP contribution in [0.5, 0.6) is 0 Å². The van der Waals surface area contributed by atoms with Crippen LogP contribution in [-0.2, 0) is 0 Å². The zero-order valence-electron chi connectivity index (χ0n) is 11.2. The second kappa shape index (κ2) is 5.54. The standard InChI is InChI=1S/C15H24N2/c1-4-16-14-9-13(3)10-17(11-14)15-7-5-12(2)6-8-15/h5-8,13-14,16H,4,9-11H2,1-3H3. The molecule has 1 aliphatic heterocycles. The molecule has 0 aliphatic carbocycles. The number of aryl methyl sites for hydroxylation is 1. The summed E-state index contributed by atoms with van der Waals surface area (Å²) in [6, 6.07) is 9.55. The molecule has 0 radical (unpaired) electrons. The molecule has 1 fully saturated rings. The van der Waals surface area contributed by atoms with E-state index >= 15 is 0 Å². The van der Waals surface area contributed by atoms with Gasteiger partial charge in [0.2, 0.25) is 0 Å². The van der Waals surface area contributed by atoms with Crippen molar-refractivity contribution >= 4 is 5.69 Å². The summed E-state index contributed by atoms with van der Waals surface area (Å²) >= 11 is 0. The van der Waals surface area contributed by atoms with Crippen molar-refractivity contribution in [1.82, 2.24) is 5.32 Å². The molecule has 94 valence electrons. The van der Waals surface area contributed by atoms with Gasteiger partial charge in [0.05, 0.1) is 0 Å². The Morgan fingerprint density at radius 2 is 1.94 bits per heavy atom. The molecule has 1 aromatic carbocycles. The van der Waals surface area contributed by atoms with Crippen LogP contribution in [0.4, 0.5) is 5.69 Å². The monoisotopic (exact) mass is 232 g/mol. The molecule has 17 heavy (non-hydrogen) atoms. The minimum absolute atomic E-state index is 0.644. The molecule has 1 heterocycles. The Bertz CT molecular complexity index is 344. The fourth-order valence-corrected chi connectivity index (χ4v) is 2.75. The Morgan fingerprint density at radius 1 is 1.24 bits per heavy atom. The lowest BCUT2D eigenvalue weighted by Crippen LogP contribution is -2.48. The molecule has 2 unspecified atom stereocenters. The molecule has 2 atom stereocenters. The van der Waals surface area contributed by atoms with Gasteiger partial charge >= 0.3 is 0 Å². The molecule has 1 aliphatic rings. The van der Waals surface area contributed by atoms with Crippen molar-refractivity contribution in [3.05, 3.63) is 29.8 Å². The van der Waals surface area contributed by atoms with Crippen LogP contribution in [-0.4, -0.2) is 25.7 Å². The van der Waals surface area contributed by atoms with Crippen LogP contribution >= 0.6 is 0 Å². The molecule has 0 spiro atoms. The third-order valence-electron chi connectivity index (χ3n) is 3.55. The van der Waals surface area contributed by atoms with E-state index in [1.165, 1.54) is 24.2 Å². The minimum Gasteiger partial charge on any atom is -0.370 e. The van der Waals surface area contributed by atoms with Crippen molar-refractivity contribution in [2.24, 2.45) is 5.92 Å². The van der Waals surface area contributed by atoms with E-state index in [-0.39, 0.29) is 0 Å². The van der Waals surface area contributed by atoms with Crippen LogP contribution < -0.4 is 10.2 Å². The van der Waals surface area contributed by atoms with Crippen LogP contribution in [0.1, 0.15) is 25.8 Å². The Kier molecular flexibility index (Phi) is 4.06. The number of hydrogen-bond acceptors (Lipinski definition) is 2. The molecular weight excluding hydrogens is 208 g/mol. The fraction of sp³-hybridized carbons (Fsp3) is 0.600. The van der Waals surface area contributed by atoms with Gasteiger partial charge in [0.15, 0.2) is 0 Å². The van der Waals surface area contributed by atoms with E-state index in [4.69, 9.17) is 0 Å². The summed E-state index contributed by atoms with van der Waals surface area (Å²) in [7, 11) is 0. The highest BCUT2D eigenvalue weighted by Gasteiger charge is 2.23. The highest BCUT2D eigenvalue weighted by atomic mass is 15.2. The molecule has 0 amide bonds. The summed E-state index contributed by atoms with van der Waals surface area (Å²) in [4.78, 5) is 2.51. The van der Waals surface area contributed by atoms with E-state index in [1.54, 1.807) is 0 Å². The lowest BCUT2D eigenvalue weighted by Gasteiger charge is -2.38. The summed E-state index contributed by atoms with van der Waals surface area (Å²) in [5, 5.41) is 3.58. The number of nitrogens with zero attached hydrogens (tertiary/aromatic N) is 1. The van der Waals surface area contributed by atoms with E-state index in [0.29, 0.717) is 6.04 Å². The molecule has 0 aromatic heterocycles. The van der Waals surface area contributed by atoms with Crippen molar-refractivity contribution in [3.8, 4) is 0 Å². The second-order valence-corrected chi connectivity index (χ2v) is 5.34. The molecule has 0 bridgehead atoms. The van der Waals surface area contributed by atoms with Crippen LogP contribution in [0.3, 0.4) is 0 Å². The van der Waals surface area contributed by atoms with Crippen molar-refractivity contribution in [2.45, 2.75) is 33.2 Å². The average molecular weight is 232 g/mol.